The highest BCUT2D eigenvalue weighted by Crippen LogP contribution is 2.36. The Morgan fingerprint density at radius 1 is 1.69 bits per heavy atom. The number of aliphatic imine (C=N–C) groups is 1. The molecule has 0 aliphatic heterocycles. The first kappa shape index (κ1) is 8.20. The minimum Gasteiger partial charge on any atom is -0.250 e. The Bertz CT molecular complexity index is 359. The van der Waals surface area contributed by atoms with Crippen LogP contribution >= 0.6 is 0 Å². The zero-order chi connectivity index (χ0) is 9.26. The number of carbonyl (C=O) groups excluding carboxylic acids is 1. The highest BCUT2D eigenvalue weighted by atomic mass is 16.1. The summed E-state index contributed by atoms with van der Waals surface area (Å²) in [4.78, 5) is 13.6. The Morgan fingerprint density at radius 3 is 3.00 bits per heavy atom. The first-order chi connectivity index (χ1) is 6.31. The first-order valence-electron chi connectivity index (χ1n) is 4.43. The molecule has 4 nitrogen and oxygen atoms in total. The van der Waals surface area contributed by atoms with Crippen LogP contribution in [0.5, 0.6) is 0 Å². The van der Waals surface area contributed by atoms with Crippen LogP contribution in [0, 0.1) is 0 Å². The maximum Gasteiger partial charge on any atom is 0.242 e. The summed E-state index contributed by atoms with van der Waals surface area (Å²) >= 11 is 0. The lowest BCUT2D eigenvalue weighted by Gasteiger charge is -2.22. The van der Waals surface area contributed by atoms with Gasteiger partial charge in [0.1, 0.15) is 0 Å². The zero-order valence-corrected chi connectivity index (χ0v) is 7.53. The number of hydrogen-bond donors (Lipinski definition) is 0. The van der Waals surface area contributed by atoms with E-state index >= 15 is 0 Å². The summed E-state index contributed by atoms with van der Waals surface area (Å²) in [5.41, 5.74) is 1.06. The third-order valence-electron chi connectivity index (χ3n) is 2.56. The maximum absolute atomic E-state index is 10.1. The molecule has 0 unspecified atom stereocenters. The topological polar surface area (TPSA) is 47.2 Å². The molecule has 0 aromatic carbocycles. The van der Waals surface area contributed by atoms with Crippen LogP contribution < -0.4 is 0 Å². The van der Waals surface area contributed by atoms with Gasteiger partial charge in [-0.15, -0.1) is 4.99 Å². The van der Waals surface area contributed by atoms with Crippen molar-refractivity contribution in [2.75, 3.05) is 0 Å². The molecule has 0 atom stereocenters. The highest BCUT2D eigenvalue weighted by molar-refractivity contribution is 5.45. The van der Waals surface area contributed by atoms with Crippen LogP contribution in [0.1, 0.15) is 30.9 Å². The van der Waals surface area contributed by atoms with E-state index in [1.54, 1.807) is 11.7 Å². The average molecular weight is 177 g/mol. The van der Waals surface area contributed by atoms with E-state index in [0.717, 1.165) is 5.69 Å². The normalized spacial score (nSPS) is 16.4. The van der Waals surface area contributed by atoms with Crippen LogP contribution in [0.2, 0.25) is 0 Å². The molecular formula is C9H11N3O. The zero-order valence-electron chi connectivity index (χ0n) is 7.53. The summed E-state index contributed by atoms with van der Waals surface area (Å²) in [7, 11) is 1.79. The molecule has 0 bridgehead atoms. The third-order valence-corrected chi connectivity index (χ3v) is 2.56. The monoisotopic (exact) mass is 177 g/mol. The van der Waals surface area contributed by atoms with Crippen molar-refractivity contribution in [1.82, 2.24) is 9.78 Å². The van der Waals surface area contributed by atoms with Crippen LogP contribution in [0.15, 0.2) is 11.1 Å². The van der Waals surface area contributed by atoms with Gasteiger partial charge in [0, 0.05) is 19.0 Å². The van der Waals surface area contributed by atoms with Crippen molar-refractivity contribution >= 4 is 11.9 Å². The van der Waals surface area contributed by atoms with Gasteiger partial charge in [0.2, 0.25) is 6.08 Å². The summed E-state index contributed by atoms with van der Waals surface area (Å²) in [5, 5.41) is 4.30. The van der Waals surface area contributed by atoms with Crippen LogP contribution in [-0.4, -0.2) is 15.9 Å². The third kappa shape index (κ3) is 1.40. The Balaban J connectivity index is 2.28. The molecule has 1 aliphatic carbocycles. The van der Waals surface area contributed by atoms with Crippen LogP contribution in [0.3, 0.4) is 0 Å². The summed E-state index contributed by atoms with van der Waals surface area (Å²) in [6.07, 6.45) is 5.23. The van der Waals surface area contributed by atoms with Crippen molar-refractivity contribution in [3.63, 3.8) is 0 Å². The van der Waals surface area contributed by atoms with Gasteiger partial charge in [0.05, 0.1) is 5.69 Å². The molecule has 0 amide bonds. The Kier molecular flexibility index (Phi) is 1.99. The molecule has 0 spiro atoms. The molecule has 1 heterocycles. The van der Waals surface area contributed by atoms with Crippen molar-refractivity contribution in [2.45, 2.75) is 25.2 Å². The number of isocyanates is 1. The van der Waals surface area contributed by atoms with E-state index in [-0.39, 0.29) is 0 Å². The van der Waals surface area contributed by atoms with Gasteiger partial charge in [0.25, 0.3) is 0 Å². The second-order valence-corrected chi connectivity index (χ2v) is 3.38. The standard InChI is InChI=1S/C9H11N3O/c1-12-9(10-6-13)5-8(11-12)7-3-2-4-7/h5,7H,2-4H2,1H3. The van der Waals surface area contributed by atoms with E-state index in [4.69, 9.17) is 0 Å². The molecule has 0 radical (unpaired) electrons. The van der Waals surface area contributed by atoms with Gasteiger partial charge in [0.15, 0.2) is 5.82 Å². The molecule has 1 saturated carbocycles. The molecule has 1 fully saturated rings. The number of aryl methyl sites for hydroxylation is 1. The molecule has 1 aliphatic rings. The molecule has 1 aromatic heterocycles. The molecular weight excluding hydrogens is 166 g/mol. The molecule has 1 aromatic rings. The van der Waals surface area contributed by atoms with Gasteiger partial charge >= 0.3 is 0 Å². The molecule has 2 rings (SSSR count). The number of hydrogen-bond acceptors (Lipinski definition) is 3. The predicted molar refractivity (Wildman–Crippen MR) is 47.6 cm³/mol. The van der Waals surface area contributed by atoms with Gasteiger partial charge < -0.3 is 0 Å². The number of aromatic nitrogens is 2. The van der Waals surface area contributed by atoms with Crippen LogP contribution in [0.25, 0.3) is 0 Å². The largest absolute Gasteiger partial charge is 0.250 e. The van der Waals surface area contributed by atoms with Crippen molar-refractivity contribution in [3.05, 3.63) is 11.8 Å². The lowest BCUT2D eigenvalue weighted by Crippen LogP contribution is -2.09. The number of nitrogens with zero attached hydrogens (tertiary/aromatic N) is 3. The van der Waals surface area contributed by atoms with Crippen molar-refractivity contribution in [3.8, 4) is 0 Å². The summed E-state index contributed by atoms with van der Waals surface area (Å²) in [5.74, 6) is 1.18. The lowest BCUT2D eigenvalue weighted by molar-refractivity contribution is 0.408. The molecule has 0 saturated heterocycles. The molecule has 0 N–H and O–H groups in total. The van der Waals surface area contributed by atoms with Crippen molar-refractivity contribution in [2.24, 2.45) is 12.0 Å². The molecule has 13 heavy (non-hydrogen) atoms. The summed E-state index contributed by atoms with van der Waals surface area (Å²) in [6.45, 7) is 0. The lowest BCUT2D eigenvalue weighted by atomic mass is 9.83. The van der Waals surface area contributed by atoms with Gasteiger partial charge in [-0.05, 0) is 12.8 Å². The summed E-state index contributed by atoms with van der Waals surface area (Å²) in [6, 6.07) is 1.87. The first-order valence-corrected chi connectivity index (χ1v) is 4.43. The van der Waals surface area contributed by atoms with Crippen molar-refractivity contribution < 1.29 is 4.79 Å². The Labute approximate surface area is 76.3 Å². The van der Waals surface area contributed by atoms with E-state index in [1.165, 1.54) is 25.3 Å². The van der Waals surface area contributed by atoms with Crippen molar-refractivity contribution in [1.29, 1.82) is 0 Å². The smallest absolute Gasteiger partial charge is 0.242 e. The Morgan fingerprint density at radius 2 is 2.46 bits per heavy atom. The predicted octanol–water partition coefficient (Wildman–Crippen LogP) is 1.65. The van der Waals surface area contributed by atoms with E-state index < -0.39 is 0 Å². The van der Waals surface area contributed by atoms with Gasteiger partial charge in [-0.3, -0.25) is 0 Å². The minimum absolute atomic E-state index is 0.585. The van der Waals surface area contributed by atoms with E-state index in [9.17, 15) is 4.79 Å². The number of rotatable bonds is 2. The van der Waals surface area contributed by atoms with Gasteiger partial charge in [-0.2, -0.15) is 5.10 Å². The summed E-state index contributed by atoms with van der Waals surface area (Å²) < 4.78 is 1.62. The quantitative estimate of drug-likeness (QED) is 0.509. The van der Waals surface area contributed by atoms with Gasteiger partial charge in [-0.25, -0.2) is 9.48 Å². The Hall–Kier alpha value is -1.41. The fourth-order valence-corrected chi connectivity index (χ4v) is 1.53. The van der Waals surface area contributed by atoms with E-state index in [1.807, 2.05) is 6.07 Å². The maximum atomic E-state index is 10.1. The second kappa shape index (κ2) is 3.15. The fourth-order valence-electron chi connectivity index (χ4n) is 1.53. The van der Waals surface area contributed by atoms with Gasteiger partial charge in [-0.1, -0.05) is 6.42 Å². The second-order valence-electron chi connectivity index (χ2n) is 3.38. The molecule has 68 valence electrons. The van der Waals surface area contributed by atoms with E-state index in [2.05, 4.69) is 10.1 Å². The molecule has 4 heteroatoms. The average Bonchev–Trinajstić information content (AvgIpc) is 2.30. The van der Waals surface area contributed by atoms with Crippen LogP contribution in [-0.2, 0) is 11.8 Å². The SMILES string of the molecule is Cn1nc(C2CCC2)cc1N=C=O. The van der Waals surface area contributed by atoms with E-state index in [0.29, 0.717) is 11.7 Å². The highest BCUT2D eigenvalue weighted by Gasteiger charge is 2.22. The van der Waals surface area contributed by atoms with Crippen LogP contribution in [0.4, 0.5) is 5.82 Å². The minimum atomic E-state index is 0.585. The fraction of sp³-hybridized carbons (Fsp3) is 0.556.